The van der Waals surface area contributed by atoms with Crippen molar-refractivity contribution in [1.29, 1.82) is 0 Å². The molecule has 2 rings (SSSR count). The van der Waals surface area contributed by atoms with Crippen LogP contribution in [0.2, 0.25) is 0 Å². The summed E-state index contributed by atoms with van der Waals surface area (Å²) in [5.74, 6) is -0.948. The number of halogens is 4. The molecule has 0 radical (unpaired) electrons. The summed E-state index contributed by atoms with van der Waals surface area (Å²) < 4.78 is 50.6. The molecule has 1 heterocycles. The number of nitrogens with one attached hydrogen (secondary N) is 1. The zero-order valence-electron chi connectivity index (χ0n) is 9.37. The maximum Gasteiger partial charge on any atom is 0.419 e. The van der Waals surface area contributed by atoms with E-state index in [1.807, 2.05) is 0 Å². The molecule has 3 N–H and O–H groups in total. The number of alkyl halides is 3. The average Bonchev–Trinajstić information content (AvgIpc) is 2.33. The first kappa shape index (κ1) is 13.1. The quantitative estimate of drug-likeness (QED) is 0.825. The zero-order chi connectivity index (χ0) is 14.0. The molecule has 1 aromatic carbocycles. The van der Waals surface area contributed by atoms with Crippen molar-refractivity contribution in [3.8, 4) is 0 Å². The van der Waals surface area contributed by atoms with Crippen molar-refractivity contribution in [3.63, 3.8) is 0 Å². The van der Waals surface area contributed by atoms with Crippen LogP contribution >= 0.6 is 0 Å². The number of hydrogen-bond acceptors (Lipinski definition) is 4. The normalized spacial score (nSPS) is 11.4. The highest BCUT2D eigenvalue weighted by atomic mass is 19.4. The van der Waals surface area contributed by atoms with Crippen molar-refractivity contribution < 1.29 is 17.6 Å². The Morgan fingerprint density at radius 3 is 2.42 bits per heavy atom. The van der Waals surface area contributed by atoms with Gasteiger partial charge in [-0.3, -0.25) is 0 Å². The average molecular weight is 272 g/mol. The smallest absolute Gasteiger partial charge is 0.382 e. The summed E-state index contributed by atoms with van der Waals surface area (Å²) >= 11 is 0. The van der Waals surface area contributed by atoms with Crippen LogP contribution in [0, 0.1) is 5.82 Å². The second-order valence-electron chi connectivity index (χ2n) is 3.64. The standard InChI is InChI=1S/C11H8F4N4/c12-8-2-1-6(3-7(8)11(13,14)15)19-10-5-17-9(16)4-18-10/h1-5H,(H2,16,17)(H,18,19). The predicted molar refractivity (Wildman–Crippen MR) is 61.1 cm³/mol. The van der Waals surface area contributed by atoms with Gasteiger partial charge in [-0.1, -0.05) is 0 Å². The van der Waals surface area contributed by atoms with Crippen molar-refractivity contribution in [1.82, 2.24) is 9.97 Å². The van der Waals surface area contributed by atoms with Gasteiger partial charge in [0.15, 0.2) is 0 Å². The van der Waals surface area contributed by atoms with Crippen molar-refractivity contribution in [2.24, 2.45) is 0 Å². The van der Waals surface area contributed by atoms with Crippen molar-refractivity contribution >= 4 is 17.3 Å². The van der Waals surface area contributed by atoms with Crippen LogP contribution in [0.4, 0.5) is 34.9 Å². The Morgan fingerprint density at radius 1 is 1.11 bits per heavy atom. The van der Waals surface area contributed by atoms with E-state index < -0.39 is 17.6 Å². The van der Waals surface area contributed by atoms with E-state index in [2.05, 4.69) is 15.3 Å². The maximum absolute atomic E-state index is 13.1. The van der Waals surface area contributed by atoms with Gasteiger partial charge in [0.1, 0.15) is 17.5 Å². The number of hydrogen-bond donors (Lipinski definition) is 2. The number of benzene rings is 1. The molecule has 0 aliphatic rings. The summed E-state index contributed by atoms with van der Waals surface area (Å²) in [6.07, 6.45) is -2.25. The van der Waals surface area contributed by atoms with Gasteiger partial charge in [0.25, 0.3) is 0 Å². The minimum absolute atomic E-state index is 0.0489. The number of nitrogens with zero attached hydrogens (tertiary/aromatic N) is 2. The fraction of sp³-hybridized carbons (Fsp3) is 0.0909. The third-order valence-electron chi connectivity index (χ3n) is 2.22. The Balaban J connectivity index is 2.29. The van der Waals surface area contributed by atoms with Gasteiger partial charge >= 0.3 is 6.18 Å². The highest BCUT2D eigenvalue weighted by Crippen LogP contribution is 2.33. The Hall–Kier alpha value is -2.38. The van der Waals surface area contributed by atoms with E-state index in [1.54, 1.807) is 0 Å². The number of rotatable bonds is 2. The van der Waals surface area contributed by atoms with Crippen molar-refractivity contribution in [2.75, 3.05) is 11.1 Å². The molecule has 0 unspecified atom stereocenters. The lowest BCUT2D eigenvalue weighted by Gasteiger charge is -2.11. The number of nitrogens with two attached hydrogens (primary N) is 1. The molecular formula is C11H8F4N4. The highest BCUT2D eigenvalue weighted by Gasteiger charge is 2.34. The fourth-order valence-corrected chi connectivity index (χ4v) is 1.37. The molecule has 8 heteroatoms. The molecule has 0 saturated carbocycles. The summed E-state index contributed by atoms with van der Waals surface area (Å²) in [6, 6.07) is 2.56. The SMILES string of the molecule is Nc1cnc(Nc2ccc(F)c(C(F)(F)F)c2)cn1. The summed E-state index contributed by atoms with van der Waals surface area (Å²) in [4.78, 5) is 7.53. The van der Waals surface area contributed by atoms with E-state index in [4.69, 9.17) is 5.73 Å². The van der Waals surface area contributed by atoms with E-state index in [0.29, 0.717) is 6.07 Å². The van der Waals surface area contributed by atoms with Gasteiger partial charge in [-0.2, -0.15) is 13.2 Å². The molecule has 0 amide bonds. The van der Waals surface area contributed by atoms with Crippen LogP contribution < -0.4 is 11.1 Å². The van der Waals surface area contributed by atoms with Crippen LogP contribution in [-0.4, -0.2) is 9.97 Å². The molecule has 0 spiro atoms. The van der Waals surface area contributed by atoms with Gasteiger partial charge in [0, 0.05) is 5.69 Å². The van der Waals surface area contributed by atoms with Gasteiger partial charge < -0.3 is 11.1 Å². The molecule has 0 aliphatic carbocycles. The Bertz CT molecular complexity index is 580. The van der Waals surface area contributed by atoms with Crippen LogP contribution in [0.15, 0.2) is 30.6 Å². The van der Waals surface area contributed by atoms with E-state index >= 15 is 0 Å². The topological polar surface area (TPSA) is 63.8 Å². The molecule has 2 aromatic rings. The number of anilines is 3. The summed E-state index contributed by atoms with van der Waals surface area (Å²) in [5, 5.41) is 2.58. The van der Waals surface area contributed by atoms with Crippen LogP contribution in [0.1, 0.15) is 5.56 Å². The predicted octanol–water partition coefficient (Wildman–Crippen LogP) is 2.96. The maximum atomic E-state index is 13.1. The van der Waals surface area contributed by atoms with E-state index in [9.17, 15) is 17.6 Å². The lowest BCUT2D eigenvalue weighted by atomic mass is 10.2. The van der Waals surface area contributed by atoms with Crippen LogP contribution in [0.25, 0.3) is 0 Å². The third kappa shape index (κ3) is 3.09. The van der Waals surface area contributed by atoms with Crippen LogP contribution in [0.3, 0.4) is 0 Å². The molecule has 0 saturated heterocycles. The molecule has 1 aromatic heterocycles. The highest BCUT2D eigenvalue weighted by molar-refractivity contribution is 5.57. The lowest BCUT2D eigenvalue weighted by molar-refractivity contribution is -0.139. The molecule has 0 fully saturated rings. The number of nitrogen functional groups attached to an aromatic ring is 1. The molecular weight excluding hydrogens is 264 g/mol. The Kier molecular flexibility index (Phi) is 3.24. The monoisotopic (exact) mass is 272 g/mol. The van der Waals surface area contributed by atoms with E-state index in [-0.39, 0.29) is 17.3 Å². The lowest BCUT2D eigenvalue weighted by Crippen LogP contribution is -2.08. The van der Waals surface area contributed by atoms with Gasteiger partial charge in [-0.15, -0.1) is 0 Å². The van der Waals surface area contributed by atoms with E-state index in [0.717, 1.165) is 6.07 Å². The van der Waals surface area contributed by atoms with Crippen molar-refractivity contribution in [2.45, 2.75) is 6.18 Å². The second kappa shape index (κ2) is 4.71. The van der Waals surface area contributed by atoms with Gasteiger partial charge in [0.05, 0.1) is 18.0 Å². The van der Waals surface area contributed by atoms with Crippen LogP contribution in [0.5, 0.6) is 0 Å². The molecule has 0 aliphatic heterocycles. The third-order valence-corrected chi connectivity index (χ3v) is 2.22. The van der Waals surface area contributed by atoms with Gasteiger partial charge in [-0.25, -0.2) is 14.4 Å². The van der Waals surface area contributed by atoms with E-state index in [1.165, 1.54) is 18.5 Å². The summed E-state index contributed by atoms with van der Waals surface area (Å²) in [5.41, 5.74) is 4.02. The number of aromatic nitrogens is 2. The minimum atomic E-state index is -4.76. The largest absolute Gasteiger partial charge is 0.419 e. The van der Waals surface area contributed by atoms with Crippen LogP contribution in [-0.2, 0) is 6.18 Å². The first-order valence-electron chi connectivity index (χ1n) is 5.07. The van der Waals surface area contributed by atoms with Crippen molar-refractivity contribution in [3.05, 3.63) is 42.0 Å². The first-order valence-corrected chi connectivity index (χ1v) is 5.07. The minimum Gasteiger partial charge on any atom is -0.382 e. The zero-order valence-corrected chi connectivity index (χ0v) is 9.37. The second-order valence-corrected chi connectivity index (χ2v) is 3.64. The molecule has 0 atom stereocenters. The first-order chi connectivity index (χ1) is 8.86. The Labute approximate surface area is 105 Å². The van der Waals surface area contributed by atoms with Gasteiger partial charge in [-0.05, 0) is 18.2 Å². The Morgan fingerprint density at radius 2 is 1.84 bits per heavy atom. The molecule has 0 bridgehead atoms. The summed E-state index contributed by atoms with van der Waals surface area (Å²) in [6.45, 7) is 0. The van der Waals surface area contributed by atoms with Gasteiger partial charge in [0.2, 0.25) is 0 Å². The molecule has 100 valence electrons. The summed E-state index contributed by atoms with van der Waals surface area (Å²) in [7, 11) is 0. The molecule has 19 heavy (non-hydrogen) atoms. The fourth-order valence-electron chi connectivity index (χ4n) is 1.37. The molecule has 4 nitrogen and oxygen atoms in total.